The molecule has 0 bridgehead atoms. The van der Waals surface area contributed by atoms with E-state index in [0.717, 1.165) is 21.1 Å². The number of benzene rings is 3. The fraction of sp³-hybridized carbons (Fsp3) is 0.143. The van der Waals surface area contributed by atoms with E-state index in [1.165, 1.54) is 28.8 Å². The molecule has 0 N–H and O–H groups in total. The Balaban J connectivity index is 1.26. The minimum atomic E-state index is -0.758. The van der Waals surface area contributed by atoms with Gasteiger partial charge in [0.2, 0.25) is 11.8 Å². The fourth-order valence-electron chi connectivity index (χ4n) is 4.08. The Labute approximate surface area is 234 Å². The van der Waals surface area contributed by atoms with Gasteiger partial charge in [0, 0.05) is 23.5 Å². The predicted octanol–water partition coefficient (Wildman–Crippen LogP) is 4.16. The molecule has 3 aromatic carbocycles. The minimum absolute atomic E-state index is 0.0613. The van der Waals surface area contributed by atoms with Gasteiger partial charge in [-0.15, -0.1) is 0 Å². The summed E-state index contributed by atoms with van der Waals surface area (Å²) in [5.74, 6) is -1.90. The summed E-state index contributed by atoms with van der Waals surface area (Å²) >= 11 is 4.36. The summed E-state index contributed by atoms with van der Waals surface area (Å²) in [5.41, 5.74) is 1.16. The number of rotatable bonds is 7. The molecule has 11 heteroatoms. The van der Waals surface area contributed by atoms with E-state index in [4.69, 9.17) is 4.74 Å². The van der Waals surface area contributed by atoms with Crippen molar-refractivity contribution in [2.75, 3.05) is 11.5 Å². The van der Waals surface area contributed by atoms with Gasteiger partial charge in [0.25, 0.3) is 5.56 Å². The molecule has 0 spiro atoms. The van der Waals surface area contributed by atoms with E-state index in [1.54, 1.807) is 55.6 Å². The van der Waals surface area contributed by atoms with E-state index >= 15 is 0 Å². The van der Waals surface area contributed by atoms with Gasteiger partial charge in [-0.3, -0.25) is 23.7 Å². The summed E-state index contributed by atoms with van der Waals surface area (Å²) in [6.07, 6.45) is -0.0613. The van der Waals surface area contributed by atoms with Crippen LogP contribution in [0.3, 0.4) is 0 Å². The number of ether oxygens (including phenoxy) is 1. The van der Waals surface area contributed by atoms with Crippen LogP contribution in [0.15, 0.2) is 87.2 Å². The van der Waals surface area contributed by atoms with Gasteiger partial charge in [-0.1, -0.05) is 52.0 Å². The number of amides is 2. The van der Waals surface area contributed by atoms with Crippen LogP contribution in [0.25, 0.3) is 10.9 Å². The summed E-state index contributed by atoms with van der Waals surface area (Å²) in [5, 5.41) is 0.0459. The number of hydrogen-bond acceptors (Lipinski definition) is 8. The van der Waals surface area contributed by atoms with Crippen molar-refractivity contribution in [1.82, 2.24) is 9.55 Å². The SMILES string of the molecule is Cn1c(SC2CC(=O)N(c3ccc(C(=O)OCC(=O)c4ccc(Br)cc4)cc3)C2=O)nc2ccccc2c1=O. The second-order valence-electron chi connectivity index (χ2n) is 8.71. The molecule has 1 unspecified atom stereocenters. The maximum atomic E-state index is 13.2. The molecule has 1 atom stereocenters. The van der Waals surface area contributed by atoms with Gasteiger partial charge < -0.3 is 4.74 Å². The van der Waals surface area contributed by atoms with E-state index in [0.29, 0.717) is 27.3 Å². The summed E-state index contributed by atoms with van der Waals surface area (Å²) in [7, 11) is 1.58. The average Bonchev–Trinajstić information content (AvgIpc) is 3.22. The Morgan fingerprint density at radius 3 is 2.36 bits per heavy atom. The van der Waals surface area contributed by atoms with Crippen molar-refractivity contribution in [2.45, 2.75) is 16.8 Å². The fourth-order valence-corrected chi connectivity index (χ4v) is 5.42. The molecule has 5 rings (SSSR count). The van der Waals surface area contributed by atoms with E-state index in [1.807, 2.05) is 0 Å². The zero-order valence-electron chi connectivity index (χ0n) is 20.5. The second-order valence-corrected chi connectivity index (χ2v) is 10.8. The summed E-state index contributed by atoms with van der Waals surface area (Å²) in [6, 6.07) is 19.4. The molecule has 4 aromatic rings. The lowest BCUT2D eigenvalue weighted by Gasteiger charge is -2.16. The third-order valence-corrected chi connectivity index (χ3v) is 7.91. The molecule has 1 saturated heterocycles. The van der Waals surface area contributed by atoms with Crippen molar-refractivity contribution < 1.29 is 23.9 Å². The van der Waals surface area contributed by atoms with Crippen molar-refractivity contribution >= 4 is 67.8 Å². The van der Waals surface area contributed by atoms with Gasteiger partial charge in [-0.05, 0) is 48.5 Å². The largest absolute Gasteiger partial charge is 0.454 e. The number of ketones is 1. The molecule has 0 saturated carbocycles. The molecule has 1 aliphatic rings. The van der Waals surface area contributed by atoms with Crippen molar-refractivity contribution in [3.05, 3.63) is 98.7 Å². The lowest BCUT2D eigenvalue weighted by Crippen LogP contribution is -2.31. The van der Waals surface area contributed by atoms with Crippen LogP contribution in [0.2, 0.25) is 0 Å². The molecular weight excluding hydrogens is 586 g/mol. The molecule has 9 nitrogen and oxygen atoms in total. The van der Waals surface area contributed by atoms with Crippen LogP contribution in [-0.4, -0.2) is 45.0 Å². The van der Waals surface area contributed by atoms with Crippen LogP contribution in [0.4, 0.5) is 5.69 Å². The number of fused-ring (bicyclic) bond motifs is 1. The Hall–Kier alpha value is -4.09. The number of esters is 1. The van der Waals surface area contributed by atoms with Crippen molar-refractivity contribution in [3.63, 3.8) is 0 Å². The standard InChI is InChI=1S/C28H20BrN3O6S/c1-31-25(35)20-4-2-3-5-21(20)30-28(31)39-23-14-24(34)32(26(23)36)19-12-8-17(9-13-19)27(37)38-15-22(33)16-6-10-18(29)11-7-16/h2-13,23H,14-15H2,1H3. The zero-order chi connectivity index (χ0) is 27.7. The first-order chi connectivity index (χ1) is 18.7. The number of Topliss-reactive ketones (excluding diaryl/α,β-unsaturated/α-hetero) is 1. The molecule has 39 heavy (non-hydrogen) atoms. The number of carbonyl (C=O) groups excluding carboxylic acids is 4. The molecule has 1 fully saturated rings. The monoisotopic (exact) mass is 605 g/mol. The molecule has 196 valence electrons. The topological polar surface area (TPSA) is 116 Å². The average molecular weight is 606 g/mol. The molecule has 0 radical (unpaired) electrons. The third-order valence-electron chi connectivity index (χ3n) is 6.16. The predicted molar refractivity (Wildman–Crippen MR) is 149 cm³/mol. The Morgan fingerprint density at radius 2 is 1.64 bits per heavy atom. The number of thioether (sulfide) groups is 1. The first kappa shape index (κ1) is 26.5. The van der Waals surface area contributed by atoms with Crippen molar-refractivity contribution in [1.29, 1.82) is 0 Å². The van der Waals surface area contributed by atoms with E-state index in [2.05, 4.69) is 20.9 Å². The Bertz CT molecular complexity index is 1680. The van der Waals surface area contributed by atoms with Crippen LogP contribution in [0, 0.1) is 0 Å². The molecule has 2 amide bonds. The van der Waals surface area contributed by atoms with E-state index in [-0.39, 0.29) is 23.3 Å². The summed E-state index contributed by atoms with van der Waals surface area (Å²) < 4.78 is 7.33. The van der Waals surface area contributed by atoms with E-state index in [9.17, 15) is 24.0 Å². The quantitative estimate of drug-likeness (QED) is 0.133. The highest BCUT2D eigenvalue weighted by Crippen LogP contribution is 2.33. The maximum absolute atomic E-state index is 13.2. The second kappa shape index (κ2) is 11.0. The van der Waals surface area contributed by atoms with Crippen LogP contribution in [0.5, 0.6) is 0 Å². The van der Waals surface area contributed by atoms with Crippen LogP contribution < -0.4 is 10.5 Å². The van der Waals surface area contributed by atoms with Gasteiger partial charge >= 0.3 is 5.97 Å². The molecule has 1 aromatic heterocycles. The number of aromatic nitrogens is 2. The minimum Gasteiger partial charge on any atom is -0.454 e. The highest BCUT2D eigenvalue weighted by atomic mass is 79.9. The third kappa shape index (κ3) is 5.41. The maximum Gasteiger partial charge on any atom is 0.338 e. The van der Waals surface area contributed by atoms with Crippen LogP contribution in [0.1, 0.15) is 27.1 Å². The summed E-state index contributed by atoms with van der Waals surface area (Å²) in [4.78, 5) is 68.9. The molecular formula is C28H20BrN3O6S. The smallest absolute Gasteiger partial charge is 0.338 e. The van der Waals surface area contributed by atoms with Gasteiger partial charge in [-0.2, -0.15) is 0 Å². The molecule has 0 aliphatic carbocycles. The number of anilines is 1. The van der Waals surface area contributed by atoms with Gasteiger partial charge in [0.15, 0.2) is 17.5 Å². The number of carbonyl (C=O) groups is 4. The summed E-state index contributed by atoms with van der Waals surface area (Å²) in [6.45, 7) is -0.421. The highest BCUT2D eigenvalue weighted by Gasteiger charge is 2.41. The normalized spacial score (nSPS) is 15.1. The van der Waals surface area contributed by atoms with Gasteiger partial charge in [-0.25, -0.2) is 14.7 Å². The highest BCUT2D eigenvalue weighted by molar-refractivity contribution is 9.10. The number of hydrogen-bond donors (Lipinski definition) is 0. The Kier molecular flexibility index (Phi) is 7.45. The number of halogens is 1. The molecule has 1 aliphatic heterocycles. The number of nitrogens with zero attached hydrogens (tertiary/aromatic N) is 3. The Morgan fingerprint density at radius 1 is 0.974 bits per heavy atom. The van der Waals surface area contributed by atoms with Crippen molar-refractivity contribution in [2.24, 2.45) is 7.05 Å². The first-order valence-corrected chi connectivity index (χ1v) is 13.5. The van der Waals surface area contributed by atoms with Crippen LogP contribution in [-0.2, 0) is 21.4 Å². The van der Waals surface area contributed by atoms with Gasteiger partial charge in [0.1, 0.15) is 5.25 Å². The van der Waals surface area contributed by atoms with Crippen LogP contribution >= 0.6 is 27.7 Å². The van der Waals surface area contributed by atoms with Gasteiger partial charge in [0.05, 0.1) is 22.2 Å². The lowest BCUT2D eigenvalue weighted by molar-refractivity contribution is -0.121. The van der Waals surface area contributed by atoms with E-state index < -0.39 is 29.6 Å². The lowest BCUT2D eigenvalue weighted by atomic mass is 10.1. The molecule has 2 heterocycles. The zero-order valence-corrected chi connectivity index (χ0v) is 22.9. The first-order valence-electron chi connectivity index (χ1n) is 11.8. The number of para-hydroxylation sites is 1. The number of imide groups is 1. The van der Waals surface area contributed by atoms with Crippen molar-refractivity contribution in [3.8, 4) is 0 Å².